The molecule has 2 heterocycles. The van der Waals surface area contributed by atoms with E-state index < -0.39 is 0 Å². The van der Waals surface area contributed by atoms with Crippen LogP contribution in [0.4, 0.5) is 11.4 Å². The number of nitrogens with zero attached hydrogens (tertiary/aromatic N) is 3. The minimum atomic E-state index is -0.211. The fraction of sp³-hybridized carbons (Fsp3) is 0.190. The third-order valence-electron chi connectivity index (χ3n) is 4.92. The molecule has 0 bridgehead atoms. The fourth-order valence-corrected chi connectivity index (χ4v) is 3.47. The van der Waals surface area contributed by atoms with Crippen LogP contribution in [0.3, 0.4) is 0 Å². The Morgan fingerprint density at radius 1 is 1.11 bits per heavy atom. The number of benzene rings is 2. The van der Waals surface area contributed by atoms with Crippen molar-refractivity contribution in [2.45, 2.75) is 20.0 Å². The molecular formula is C21H20N4O3. The lowest BCUT2D eigenvalue weighted by Gasteiger charge is -2.27. The highest BCUT2D eigenvalue weighted by Crippen LogP contribution is 2.29. The Labute approximate surface area is 162 Å². The van der Waals surface area contributed by atoms with Gasteiger partial charge in [0.15, 0.2) is 5.78 Å². The van der Waals surface area contributed by atoms with Gasteiger partial charge in [-0.3, -0.25) is 9.59 Å². The number of aromatic nitrogens is 2. The summed E-state index contributed by atoms with van der Waals surface area (Å²) in [6.45, 7) is 1.85. The van der Waals surface area contributed by atoms with Crippen molar-refractivity contribution >= 4 is 23.1 Å². The molecule has 4 rings (SSSR count). The molecule has 0 fully saturated rings. The molecule has 0 radical (unpaired) electrons. The summed E-state index contributed by atoms with van der Waals surface area (Å²) >= 11 is 0. The van der Waals surface area contributed by atoms with E-state index in [1.54, 1.807) is 53.4 Å². The first-order chi connectivity index (χ1) is 13.5. The van der Waals surface area contributed by atoms with Crippen LogP contribution in [-0.2, 0) is 13.0 Å². The first-order valence-electron chi connectivity index (χ1n) is 9.00. The second-order valence-corrected chi connectivity index (χ2v) is 6.77. The average molecular weight is 376 g/mol. The van der Waals surface area contributed by atoms with Gasteiger partial charge in [-0.05, 0) is 48.4 Å². The summed E-state index contributed by atoms with van der Waals surface area (Å²) in [5.74, 6) is -0.382. The third kappa shape index (κ3) is 2.95. The highest BCUT2D eigenvalue weighted by Gasteiger charge is 2.34. The maximum atomic E-state index is 13.3. The molecule has 28 heavy (non-hydrogen) atoms. The van der Waals surface area contributed by atoms with E-state index in [0.29, 0.717) is 41.3 Å². The first-order valence-corrected chi connectivity index (χ1v) is 9.00. The predicted molar refractivity (Wildman–Crippen MR) is 106 cm³/mol. The summed E-state index contributed by atoms with van der Waals surface area (Å²) < 4.78 is 1.53. The number of fused-ring (bicyclic) bond motifs is 1. The standard InChI is InChI=1S/C21H20N4O3/c1-13(27)19-18-10-11-24(16-8-4-15(22)5-9-16)21(28)20(18)25(23-19)17-6-2-14(12-26)3-7-17/h2-9,26H,10-12,22H2,1H3. The zero-order valence-corrected chi connectivity index (χ0v) is 15.4. The van der Waals surface area contributed by atoms with Gasteiger partial charge in [-0.2, -0.15) is 5.10 Å². The van der Waals surface area contributed by atoms with E-state index >= 15 is 0 Å². The summed E-state index contributed by atoms with van der Waals surface area (Å²) in [5, 5.41) is 13.7. The zero-order chi connectivity index (χ0) is 19.8. The summed E-state index contributed by atoms with van der Waals surface area (Å²) in [6.07, 6.45) is 0.537. The second-order valence-electron chi connectivity index (χ2n) is 6.77. The first kappa shape index (κ1) is 17.9. The number of rotatable bonds is 4. The number of anilines is 2. The molecule has 1 aliphatic rings. The van der Waals surface area contributed by atoms with E-state index in [2.05, 4.69) is 5.10 Å². The van der Waals surface area contributed by atoms with Crippen molar-refractivity contribution in [3.05, 3.63) is 71.0 Å². The van der Waals surface area contributed by atoms with Crippen molar-refractivity contribution in [2.75, 3.05) is 17.2 Å². The molecule has 142 valence electrons. The Morgan fingerprint density at radius 3 is 2.36 bits per heavy atom. The normalized spacial score (nSPS) is 13.5. The lowest BCUT2D eigenvalue weighted by atomic mass is 10.0. The lowest BCUT2D eigenvalue weighted by molar-refractivity contribution is 0.0972. The highest BCUT2D eigenvalue weighted by molar-refractivity contribution is 6.09. The van der Waals surface area contributed by atoms with Crippen LogP contribution in [0.15, 0.2) is 48.5 Å². The Morgan fingerprint density at radius 2 is 1.75 bits per heavy atom. The quantitative estimate of drug-likeness (QED) is 0.538. The van der Waals surface area contributed by atoms with E-state index in [9.17, 15) is 14.7 Å². The third-order valence-corrected chi connectivity index (χ3v) is 4.92. The fourth-order valence-electron chi connectivity index (χ4n) is 3.47. The Kier molecular flexibility index (Phi) is 4.44. The molecule has 0 unspecified atom stereocenters. The number of aliphatic hydroxyl groups is 1. The van der Waals surface area contributed by atoms with Crippen molar-refractivity contribution in [3.8, 4) is 5.69 Å². The van der Waals surface area contributed by atoms with Crippen molar-refractivity contribution in [1.29, 1.82) is 0 Å². The molecule has 1 aliphatic heterocycles. The van der Waals surface area contributed by atoms with Crippen LogP contribution in [0, 0.1) is 0 Å². The lowest BCUT2D eigenvalue weighted by Crippen LogP contribution is -2.39. The van der Waals surface area contributed by atoms with Gasteiger partial charge in [0.05, 0.1) is 12.3 Å². The molecule has 7 heteroatoms. The highest BCUT2D eigenvalue weighted by atomic mass is 16.3. The van der Waals surface area contributed by atoms with Crippen LogP contribution >= 0.6 is 0 Å². The van der Waals surface area contributed by atoms with Gasteiger partial charge in [-0.25, -0.2) is 4.68 Å². The second kappa shape index (κ2) is 6.94. The number of nitrogens with two attached hydrogens (primary N) is 1. The molecule has 2 aromatic carbocycles. The van der Waals surface area contributed by atoms with E-state index in [-0.39, 0.29) is 18.3 Å². The maximum absolute atomic E-state index is 13.3. The Hall–Kier alpha value is -3.45. The van der Waals surface area contributed by atoms with Crippen LogP contribution in [-0.4, -0.2) is 33.1 Å². The molecule has 0 atom stereocenters. The van der Waals surface area contributed by atoms with Crippen molar-refractivity contribution in [1.82, 2.24) is 9.78 Å². The van der Waals surface area contributed by atoms with Crippen LogP contribution in [0.2, 0.25) is 0 Å². The molecule has 1 aromatic heterocycles. The number of Topliss-reactive ketones (excluding diaryl/α,β-unsaturated/α-hetero) is 1. The van der Waals surface area contributed by atoms with Crippen LogP contribution < -0.4 is 10.6 Å². The molecule has 3 N–H and O–H groups in total. The zero-order valence-electron chi connectivity index (χ0n) is 15.4. The summed E-state index contributed by atoms with van der Waals surface area (Å²) in [4.78, 5) is 27.1. The minimum absolute atomic E-state index is 0.0694. The smallest absolute Gasteiger partial charge is 0.277 e. The van der Waals surface area contributed by atoms with Gasteiger partial charge in [0.2, 0.25) is 0 Å². The molecule has 0 saturated carbocycles. The molecule has 3 aromatic rings. The summed E-state index contributed by atoms with van der Waals surface area (Å²) in [7, 11) is 0. The molecular weight excluding hydrogens is 356 g/mol. The average Bonchev–Trinajstić information content (AvgIpc) is 3.10. The Balaban J connectivity index is 1.83. The van der Waals surface area contributed by atoms with Gasteiger partial charge in [0, 0.05) is 30.4 Å². The molecule has 0 saturated heterocycles. The van der Waals surface area contributed by atoms with Crippen LogP contribution in [0.1, 0.15) is 39.0 Å². The number of amides is 1. The summed E-state index contributed by atoms with van der Waals surface area (Å²) in [5.41, 5.74) is 9.94. The van der Waals surface area contributed by atoms with Crippen molar-refractivity contribution in [3.63, 3.8) is 0 Å². The van der Waals surface area contributed by atoms with Gasteiger partial charge in [-0.15, -0.1) is 0 Å². The van der Waals surface area contributed by atoms with E-state index in [4.69, 9.17) is 5.73 Å². The molecule has 1 amide bonds. The SMILES string of the molecule is CC(=O)c1nn(-c2ccc(CO)cc2)c2c1CCN(c1ccc(N)cc1)C2=O. The minimum Gasteiger partial charge on any atom is -0.399 e. The number of carbonyl (C=O) groups excluding carboxylic acids is 2. The van der Waals surface area contributed by atoms with Gasteiger partial charge >= 0.3 is 0 Å². The van der Waals surface area contributed by atoms with Gasteiger partial charge < -0.3 is 15.7 Å². The van der Waals surface area contributed by atoms with E-state index in [1.807, 2.05) is 0 Å². The maximum Gasteiger partial charge on any atom is 0.277 e. The largest absolute Gasteiger partial charge is 0.399 e. The number of hydrogen-bond acceptors (Lipinski definition) is 5. The Bertz CT molecular complexity index is 1050. The van der Waals surface area contributed by atoms with Crippen molar-refractivity contribution < 1.29 is 14.7 Å². The molecule has 0 aliphatic carbocycles. The van der Waals surface area contributed by atoms with Crippen LogP contribution in [0.25, 0.3) is 5.69 Å². The van der Waals surface area contributed by atoms with Crippen molar-refractivity contribution in [2.24, 2.45) is 0 Å². The summed E-state index contributed by atoms with van der Waals surface area (Å²) in [6, 6.07) is 14.2. The monoisotopic (exact) mass is 376 g/mol. The van der Waals surface area contributed by atoms with Gasteiger partial charge in [0.1, 0.15) is 11.4 Å². The van der Waals surface area contributed by atoms with E-state index in [1.165, 1.54) is 11.6 Å². The predicted octanol–water partition coefficient (Wildman–Crippen LogP) is 2.35. The number of hydrogen-bond donors (Lipinski definition) is 2. The van der Waals surface area contributed by atoms with Gasteiger partial charge in [0.25, 0.3) is 5.91 Å². The topological polar surface area (TPSA) is 101 Å². The number of carbonyl (C=O) groups is 2. The number of nitrogen functional groups attached to an aromatic ring is 1. The van der Waals surface area contributed by atoms with E-state index in [0.717, 1.165) is 11.3 Å². The molecule has 7 nitrogen and oxygen atoms in total. The number of aliphatic hydroxyl groups excluding tert-OH is 1. The number of ketones is 1. The molecule has 0 spiro atoms. The van der Waals surface area contributed by atoms with Gasteiger partial charge in [-0.1, -0.05) is 12.1 Å². The van der Waals surface area contributed by atoms with Crippen LogP contribution in [0.5, 0.6) is 0 Å².